The zero-order chi connectivity index (χ0) is 38.4. The van der Waals surface area contributed by atoms with Crippen LogP contribution in [0.2, 0.25) is 0 Å². The van der Waals surface area contributed by atoms with Gasteiger partial charge in [0.15, 0.2) is 0 Å². The Balaban J connectivity index is 1.67. The second-order valence-electron chi connectivity index (χ2n) is 15.6. The molecule has 0 spiro atoms. The highest BCUT2D eigenvalue weighted by Crippen LogP contribution is 2.28. The van der Waals surface area contributed by atoms with Crippen molar-refractivity contribution in [3.63, 3.8) is 0 Å². The number of hydrogen-bond donors (Lipinski definition) is 6. The fourth-order valence-electron chi connectivity index (χ4n) is 7.28. The molecule has 0 unspecified atom stereocenters. The summed E-state index contributed by atoms with van der Waals surface area (Å²) in [5, 5.41) is 14.4. The van der Waals surface area contributed by atoms with Gasteiger partial charge in [-0.1, -0.05) is 77.1 Å². The molecule has 14 nitrogen and oxygen atoms in total. The second kappa shape index (κ2) is 20.2. The van der Waals surface area contributed by atoms with Crippen LogP contribution in [0.15, 0.2) is 36.4 Å². The largest absolute Gasteiger partial charge is 0.378 e. The number of carbonyl (C=O) groups excluding carboxylic acids is 6. The lowest BCUT2D eigenvalue weighted by atomic mass is 9.84. The van der Waals surface area contributed by atoms with Crippen molar-refractivity contribution in [1.29, 1.82) is 0 Å². The van der Waals surface area contributed by atoms with Crippen LogP contribution >= 0.6 is 0 Å². The van der Waals surface area contributed by atoms with E-state index >= 15 is 0 Å². The molecule has 1 saturated heterocycles. The van der Waals surface area contributed by atoms with Crippen LogP contribution in [0.3, 0.4) is 0 Å². The normalized spacial score (nSPS) is 24.9. The molecule has 2 heterocycles. The number of hydrogen-bond acceptors (Lipinski definition) is 8. The lowest BCUT2D eigenvalue weighted by Gasteiger charge is -2.32. The highest BCUT2D eigenvalue weighted by Gasteiger charge is 2.38. The van der Waals surface area contributed by atoms with Gasteiger partial charge in [-0.2, -0.15) is 0 Å². The summed E-state index contributed by atoms with van der Waals surface area (Å²) in [6, 6.07) is 3.53. The van der Waals surface area contributed by atoms with Crippen molar-refractivity contribution in [3.05, 3.63) is 47.5 Å². The first-order valence-corrected chi connectivity index (χ1v) is 19.1. The molecule has 0 radical (unpaired) electrons. The fraction of sp³-hybridized carbons (Fsp3) is 0.641. The van der Waals surface area contributed by atoms with E-state index in [4.69, 9.17) is 10.5 Å². The molecule has 6 amide bonds. The first-order chi connectivity index (χ1) is 25.3. The van der Waals surface area contributed by atoms with E-state index in [0.29, 0.717) is 39.0 Å². The Hall–Kier alpha value is -4.30. The van der Waals surface area contributed by atoms with Crippen LogP contribution in [0.4, 0.5) is 0 Å². The van der Waals surface area contributed by atoms with E-state index in [-0.39, 0.29) is 38.5 Å². The standard InChI is InChI=1S/C39H59N7O7/c1-39(2,3)24-31-37(51)43-29(35(49)41-17-20-53-19-16-40)23-27-11-7-12-28(21-27)25-42-33(47)14-15-34(48)46-18-8-13-32(46)38(52)44-30(36(50)45-31)22-26-9-5-4-6-10-26/h7,11-12,14-15,21,26,29-32H,4-6,8-10,13,16-20,22-25,40H2,1-3H3,(H,41,49)(H,42,47)(H,43,51)(H,44,52)(H,45,50)/b15-14+/t29-,30-,31-,32+/m0/s1. The van der Waals surface area contributed by atoms with Crippen molar-refractivity contribution in [1.82, 2.24) is 31.5 Å². The molecule has 3 aliphatic rings. The molecule has 53 heavy (non-hydrogen) atoms. The number of nitrogens with one attached hydrogen (secondary N) is 5. The topological polar surface area (TPSA) is 201 Å². The van der Waals surface area contributed by atoms with E-state index in [9.17, 15) is 28.8 Å². The van der Waals surface area contributed by atoms with E-state index in [2.05, 4.69) is 26.6 Å². The molecule has 292 valence electrons. The van der Waals surface area contributed by atoms with E-state index in [1.807, 2.05) is 39.0 Å². The third kappa shape index (κ3) is 13.6. The van der Waals surface area contributed by atoms with E-state index < -0.39 is 65.0 Å². The molecular weight excluding hydrogens is 678 g/mol. The molecule has 1 aromatic rings. The third-order valence-electron chi connectivity index (χ3n) is 9.93. The van der Waals surface area contributed by atoms with Crippen molar-refractivity contribution in [2.24, 2.45) is 17.1 Å². The molecule has 14 heteroatoms. The molecule has 1 saturated carbocycles. The predicted octanol–water partition coefficient (Wildman–Crippen LogP) is 1.36. The highest BCUT2D eigenvalue weighted by molar-refractivity contribution is 6.00. The van der Waals surface area contributed by atoms with Crippen LogP contribution in [-0.4, -0.2) is 97.4 Å². The quantitative estimate of drug-likeness (QED) is 0.204. The van der Waals surface area contributed by atoms with Crippen molar-refractivity contribution < 1.29 is 33.5 Å². The average molecular weight is 738 g/mol. The van der Waals surface area contributed by atoms with Gasteiger partial charge in [0.2, 0.25) is 35.4 Å². The van der Waals surface area contributed by atoms with Crippen molar-refractivity contribution in [2.45, 2.75) is 116 Å². The molecule has 1 aromatic carbocycles. The van der Waals surface area contributed by atoms with Crippen molar-refractivity contribution >= 4 is 35.4 Å². The van der Waals surface area contributed by atoms with Gasteiger partial charge in [0.25, 0.3) is 0 Å². The van der Waals surface area contributed by atoms with Gasteiger partial charge in [-0.15, -0.1) is 0 Å². The molecule has 2 fully saturated rings. The van der Waals surface area contributed by atoms with E-state index in [0.717, 1.165) is 49.3 Å². The summed E-state index contributed by atoms with van der Waals surface area (Å²) in [5.74, 6) is -2.61. The minimum absolute atomic E-state index is 0.130. The Morgan fingerprint density at radius 2 is 1.60 bits per heavy atom. The monoisotopic (exact) mass is 737 g/mol. The Morgan fingerprint density at radius 1 is 0.887 bits per heavy atom. The van der Waals surface area contributed by atoms with Crippen LogP contribution in [0.5, 0.6) is 0 Å². The van der Waals surface area contributed by atoms with Crippen LogP contribution in [-0.2, 0) is 46.5 Å². The van der Waals surface area contributed by atoms with Crippen molar-refractivity contribution in [2.75, 3.05) is 32.8 Å². The van der Waals surface area contributed by atoms with Gasteiger partial charge in [-0.05, 0) is 48.1 Å². The number of ether oxygens (including phenoxy) is 1. The number of benzene rings is 1. The molecule has 4 atom stereocenters. The van der Waals surface area contributed by atoms with Gasteiger partial charge in [0.05, 0.1) is 13.2 Å². The molecule has 2 bridgehead atoms. The Kier molecular flexibility index (Phi) is 15.8. The maximum Gasteiger partial charge on any atom is 0.247 e. The summed E-state index contributed by atoms with van der Waals surface area (Å²) < 4.78 is 5.41. The summed E-state index contributed by atoms with van der Waals surface area (Å²) in [6.07, 6.45) is 9.21. The van der Waals surface area contributed by atoms with Crippen LogP contribution < -0.4 is 32.3 Å². The third-order valence-corrected chi connectivity index (χ3v) is 9.93. The predicted molar refractivity (Wildman–Crippen MR) is 200 cm³/mol. The molecule has 0 aromatic heterocycles. The van der Waals surface area contributed by atoms with Gasteiger partial charge >= 0.3 is 0 Å². The molecule has 7 N–H and O–H groups in total. The number of nitrogens with two attached hydrogens (primary N) is 1. The first kappa shape index (κ1) is 41.5. The molecule has 4 rings (SSSR count). The molecular formula is C39H59N7O7. The number of nitrogens with zero attached hydrogens (tertiary/aromatic N) is 1. The van der Waals surface area contributed by atoms with Crippen LogP contribution in [0, 0.1) is 11.3 Å². The number of rotatable bonds is 9. The fourth-order valence-corrected chi connectivity index (χ4v) is 7.28. The van der Waals surface area contributed by atoms with Gasteiger partial charge in [0, 0.05) is 44.8 Å². The lowest BCUT2D eigenvalue weighted by Crippen LogP contribution is -2.59. The van der Waals surface area contributed by atoms with Gasteiger partial charge in [-0.3, -0.25) is 28.8 Å². The SMILES string of the molecule is CC(C)(C)C[C@@H]1NC(=O)[C@H](CC2CCCCC2)NC(=O)[C@H]2CCCN2C(=O)/C=C/C(=O)NCc2cccc(c2)C[C@@H](C(=O)NCCOCCN)NC1=O. The number of carbonyl (C=O) groups is 6. The minimum Gasteiger partial charge on any atom is -0.378 e. The first-order valence-electron chi connectivity index (χ1n) is 19.1. The van der Waals surface area contributed by atoms with E-state index in [1.54, 1.807) is 6.07 Å². The Labute approximate surface area is 313 Å². The van der Waals surface area contributed by atoms with Gasteiger partial charge < -0.3 is 42.0 Å². The summed E-state index contributed by atoms with van der Waals surface area (Å²) in [4.78, 5) is 83.2. The van der Waals surface area contributed by atoms with Gasteiger partial charge in [0.1, 0.15) is 24.2 Å². The zero-order valence-electron chi connectivity index (χ0n) is 31.5. The minimum atomic E-state index is -1.01. The molecule has 2 aliphatic heterocycles. The zero-order valence-corrected chi connectivity index (χ0v) is 31.5. The number of amides is 6. The maximum atomic E-state index is 14.2. The summed E-state index contributed by atoms with van der Waals surface area (Å²) in [6.45, 7) is 7.53. The number of fused-ring (bicyclic) bond motifs is 3. The average Bonchev–Trinajstić information content (AvgIpc) is 3.62. The Bertz CT molecular complexity index is 1470. The summed E-state index contributed by atoms with van der Waals surface area (Å²) in [5.41, 5.74) is 6.60. The van der Waals surface area contributed by atoms with Crippen LogP contribution in [0.25, 0.3) is 0 Å². The highest BCUT2D eigenvalue weighted by atomic mass is 16.5. The smallest absolute Gasteiger partial charge is 0.247 e. The summed E-state index contributed by atoms with van der Waals surface area (Å²) >= 11 is 0. The van der Waals surface area contributed by atoms with Crippen LogP contribution in [0.1, 0.15) is 89.7 Å². The lowest BCUT2D eigenvalue weighted by molar-refractivity contribution is -0.138. The second-order valence-corrected chi connectivity index (χ2v) is 15.6. The maximum absolute atomic E-state index is 14.2. The Morgan fingerprint density at radius 3 is 2.34 bits per heavy atom. The van der Waals surface area contributed by atoms with Crippen molar-refractivity contribution in [3.8, 4) is 0 Å². The summed E-state index contributed by atoms with van der Waals surface area (Å²) in [7, 11) is 0. The molecule has 1 aliphatic carbocycles. The van der Waals surface area contributed by atoms with Gasteiger partial charge in [-0.25, -0.2) is 0 Å². The van der Waals surface area contributed by atoms with E-state index in [1.165, 1.54) is 11.0 Å².